The van der Waals surface area contributed by atoms with Gasteiger partial charge in [0.2, 0.25) is 5.95 Å². The van der Waals surface area contributed by atoms with Crippen molar-refractivity contribution in [1.82, 2.24) is 19.5 Å². The number of fused-ring (bicyclic) bond motifs is 16. The van der Waals surface area contributed by atoms with Crippen molar-refractivity contribution in [2.24, 2.45) is 0 Å². The van der Waals surface area contributed by atoms with E-state index in [1.807, 2.05) is 48.5 Å². The Morgan fingerprint density at radius 2 is 0.965 bits per heavy atom. The van der Waals surface area contributed by atoms with Gasteiger partial charge in [0, 0.05) is 32.7 Å². The Kier molecular flexibility index (Phi) is 6.04. The third-order valence-corrected chi connectivity index (χ3v) is 12.3. The molecule has 5 heteroatoms. The van der Waals surface area contributed by atoms with Crippen LogP contribution >= 0.6 is 0 Å². The zero-order chi connectivity index (χ0) is 37.2. The highest BCUT2D eigenvalue weighted by atomic mass is 16.3. The summed E-state index contributed by atoms with van der Waals surface area (Å²) in [7, 11) is 0. The summed E-state index contributed by atoms with van der Waals surface area (Å²) >= 11 is 0. The summed E-state index contributed by atoms with van der Waals surface area (Å²) < 4.78 is 8.59. The zero-order valence-corrected chi connectivity index (χ0v) is 30.5. The van der Waals surface area contributed by atoms with Crippen LogP contribution in [0.1, 0.15) is 22.3 Å². The molecule has 264 valence electrons. The van der Waals surface area contributed by atoms with Crippen LogP contribution in [0.25, 0.3) is 94.7 Å². The largest absolute Gasteiger partial charge is 0.456 e. The van der Waals surface area contributed by atoms with Crippen molar-refractivity contribution in [2.75, 3.05) is 0 Å². The normalized spacial score (nSPS) is 13.4. The molecule has 0 saturated heterocycles. The number of aromatic nitrogens is 4. The van der Waals surface area contributed by atoms with E-state index in [9.17, 15) is 0 Å². The van der Waals surface area contributed by atoms with E-state index in [2.05, 4.69) is 138 Å². The maximum Gasteiger partial charge on any atom is 0.238 e. The third-order valence-electron chi connectivity index (χ3n) is 12.3. The van der Waals surface area contributed by atoms with Crippen LogP contribution in [-0.4, -0.2) is 19.5 Å². The van der Waals surface area contributed by atoms with Gasteiger partial charge in [-0.1, -0.05) is 152 Å². The summed E-state index contributed by atoms with van der Waals surface area (Å²) in [6, 6.07) is 64.8. The molecule has 5 nitrogen and oxygen atoms in total. The fraction of sp³-hybridized carbons (Fsp3) is 0.0192. The first-order valence-electron chi connectivity index (χ1n) is 19.4. The van der Waals surface area contributed by atoms with Gasteiger partial charge in [0.15, 0.2) is 11.6 Å². The van der Waals surface area contributed by atoms with E-state index in [4.69, 9.17) is 19.4 Å². The molecule has 8 aromatic carbocycles. The second-order valence-corrected chi connectivity index (χ2v) is 15.1. The van der Waals surface area contributed by atoms with E-state index in [0.29, 0.717) is 17.6 Å². The van der Waals surface area contributed by atoms with E-state index < -0.39 is 5.41 Å². The van der Waals surface area contributed by atoms with Gasteiger partial charge >= 0.3 is 0 Å². The van der Waals surface area contributed by atoms with Crippen molar-refractivity contribution in [3.63, 3.8) is 0 Å². The third kappa shape index (κ3) is 3.99. The standard InChI is InChI=1S/C52H30N4O/c1-2-15-31(16-3-1)49-53-50(37-22-14-28-47-48(37)36-21-8-13-27-46(36)57-47)55-51(54-49)56-44-26-12-7-20-35(44)39-29-38-34-19-6-11-25-42(34)52(43(38)30-45(39)56)40-23-9-4-17-32(40)33-18-5-10-24-41(33)52/h1-30H. The quantitative estimate of drug-likeness (QED) is 0.182. The molecule has 2 aliphatic carbocycles. The number of hydrogen-bond acceptors (Lipinski definition) is 4. The Balaban J connectivity index is 1.15. The predicted octanol–water partition coefficient (Wildman–Crippen LogP) is 12.5. The van der Waals surface area contributed by atoms with Gasteiger partial charge in [-0.3, -0.25) is 4.57 Å². The maximum atomic E-state index is 6.34. The average molecular weight is 727 g/mol. The minimum atomic E-state index is -0.480. The highest BCUT2D eigenvalue weighted by Gasteiger charge is 2.51. The molecule has 3 heterocycles. The number of furan rings is 1. The minimum absolute atomic E-state index is 0.480. The van der Waals surface area contributed by atoms with Crippen molar-refractivity contribution in [3.8, 4) is 51.0 Å². The number of rotatable bonds is 3. The molecule has 0 radical (unpaired) electrons. The molecular formula is C52H30N4O. The van der Waals surface area contributed by atoms with Crippen molar-refractivity contribution >= 4 is 43.7 Å². The van der Waals surface area contributed by atoms with E-state index in [-0.39, 0.29) is 0 Å². The Bertz CT molecular complexity index is 3440. The van der Waals surface area contributed by atoms with Crippen LogP contribution in [-0.2, 0) is 5.41 Å². The molecule has 0 bridgehead atoms. The SMILES string of the molecule is c1ccc(-c2nc(-c3cccc4oc5ccccc5c34)nc(-n3c4ccccc4c4cc5c(cc43)C3(c4ccccc4-c4ccccc43)c3ccccc3-5)n2)cc1. The van der Waals surface area contributed by atoms with E-state index >= 15 is 0 Å². The average Bonchev–Trinajstić information content (AvgIpc) is 3.99. The number of nitrogens with zero attached hydrogens (tertiary/aromatic N) is 4. The predicted molar refractivity (Wildman–Crippen MR) is 229 cm³/mol. The van der Waals surface area contributed by atoms with Gasteiger partial charge in [0.25, 0.3) is 0 Å². The summed E-state index contributed by atoms with van der Waals surface area (Å²) in [4.78, 5) is 15.9. The van der Waals surface area contributed by atoms with Crippen LogP contribution in [0.5, 0.6) is 0 Å². The van der Waals surface area contributed by atoms with Crippen molar-refractivity contribution < 1.29 is 4.42 Å². The number of para-hydroxylation sites is 2. The molecule has 0 unspecified atom stereocenters. The molecule has 57 heavy (non-hydrogen) atoms. The molecule has 3 aromatic heterocycles. The van der Waals surface area contributed by atoms with Crippen LogP contribution in [0.3, 0.4) is 0 Å². The highest BCUT2D eigenvalue weighted by molar-refractivity contribution is 6.13. The van der Waals surface area contributed by atoms with Crippen LogP contribution < -0.4 is 0 Å². The fourth-order valence-electron chi connectivity index (χ4n) is 10.0. The Morgan fingerprint density at radius 3 is 1.72 bits per heavy atom. The molecule has 2 aliphatic rings. The van der Waals surface area contributed by atoms with Gasteiger partial charge in [-0.15, -0.1) is 0 Å². The topological polar surface area (TPSA) is 56.7 Å². The lowest BCUT2D eigenvalue weighted by Gasteiger charge is -2.30. The highest BCUT2D eigenvalue weighted by Crippen LogP contribution is 2.63. The smallest absolute Gasteiger partial charge is 0.238 e. The van der Waals surface area contributed by atoms with Gasteiger partial charge in [0.05, 0.1) is 16.4 Å². The Labute approximate surface area is 327 Å². The van der Waals surface area contributed by atoms with Gasteiger partial charge in [0.1, 0.15) is 11.2 Å². The van der Waals surface area contributed by atoms with Gasteiger partial charge in [-0.05, 0) is 74.8 Å². The van der Waals surface area contributed by atoms with Gasteiger partial charge in [-0.2, -0.15) is 9.97 Å². The first-order valence-corrected chi connectivity index (χ1v) is 19.4. The maximum absolute atomic E-state index is 6.34. The number of hydrogen-bond donors (Lipinski definition) is 0. The fourth-order valence-corrected chi connectivity index (χ4v) is 10.0. The molecular weight excluding hydrogens is 697 g/mol. The Morgan fingerprint density at radius 1 is 0.386 bits per heavy atom. The second kappa shape index (κ2) is 11.2. The van der Waals surface area contributed by atoms with Crippen molar-refractivity contribution in [1.29, 1.82) is 0 Å². The van der Waals surface area contributed by atoms with E-state index in [1.165, 1.54) is 44.5 Å². The molecule has 0 aliphatic heterocycles. The van der Waals surface area contributed by atoms with E-state index in [1.54, 1.807) is 0 Å². The molecule has 13 rings (SSSR count). The monoisotopic (exact) mass is 726 g/mol. The molecule has 0 N–H and O–H groups in total. The summed E-state index contributed by atoms with van der Waals surface area (Å²) in [6.07, 6.45) is 0. The van der Waals surface area contributed by atoms with Crippen LogP contribution in [0.2, 0.25) is 0 Å². The first kappa shape index (κ1) is 30.7. The summed E-state index contributed by atoms with van der Waals surface area (Å²) in [5.74, 6) is 1.76. The molecule has 0 amide bonds. The lowest BCUT2D eigenvalue weighted by molar-refractivity contribution is 0.669. The second-order valence-electron chi connectivity index (χ2n) is 15.1. The summed E-state index contributed by atoms with van der Waals surface area (Å²) in [6.45, 7) is 0. The minimum Gasteiger partial charge on any atom is -0.456 e. The first-order chi connectivity index (χ1) is 28.3. The van der Waals surface area contributed by atoms with Gasteiger partial charge < -0.3 is 4.42 Å². The van der Waals surface area contributed by atoms with Crippen molar-refractivity contribution in [3.05, 3.63) is 204 Å². The molecule has 0 saturated carbocycles. The molecule has 1 spiro atoms. The number of benzene rings is 8. The van der Waals surface area contributed by atoms with Crippen LogP contribution in [0.15, 0.2) is 186 Å². The lowest BCUT2D eigenvalue weighted by Crippen LogP contribution is -2.25. The molecule has 11 aromatic rings. The summed E-state index contributed by atoms with van der Waals surface area (Å²) in [5.41, 5.74) is 15.4. The van der Waals surface area contributed by atoms with Crippen LogP contribution in [0.4, 0.5) is 0 Å². The molecule has 0 fully saturated rings. The zero-order valence-electron chi connectivity index (χ0n) is 30.5. The van der Waals surface area contributed by atoms with Gasteiger partial charge in [-0.25, -0.2) is 4.98 Å². The van der Waals surface area contributed by atoms with Crippen LogP contribution in [0, 0.1) is 0 Å². The Hall–Kier alpha value is -7.63. The summed E-state index contributed by atoms with van der Waals surface area (Å²) in [5, 5.41) is 4.32. The van der Waals surface area contributed by atoms with E-state index in [0.717, 1.165) is 54.9 Å². The molecule has 0 atom stereocenters. The van der Waals surface area contributed by atoms with Crippen molar-refractivity contribution in [2.45, 2.75) is 5.41 Å². The lowest BCUT2D eigenvalue weighted by atomic mass is 9.70.